The van der Waals surface area contributed by atoms with E-state index in [0.29, 0.717) is 30.1 Å². The molecule has 2 aliphatic rings. The van der Waals surface area contributed by atoms with Gasteiger partial charge in [-0.2, -0.15) is 13.2 Å². The van der Waals surface area contributed by atoms with Crippen LogP contribution in [0.5, 0.6) is 0 Å². The van der Waals surface area contributed by atoms with Crippen molar-refractivity contribution in [2.24, 2.45) is 11.8 Å². The zero-order chi connectivity index (χ0) is 26.0. The van der Waals surface area contributed by atoms with E-state index in [1.165, 1.54) is 18.2 Å². The number of pyridine rings is 1. The third-order valence-corrected chi connectivity index (χ3v) is 6.88. The smallest absolute Gasteiger partial charge is 0.356 e. The molecule has 0 bridgehead atoms. The van der Waals surface area contributed by atoms with Gasteiger partial charge in [0.15, 0.2) is 0 Å². The zero-order valence-electron chi connectivity index (χ0n) is 20.3. The van der Waals surface area contributed by atoms with Crippen LogP contribution in [0.25, 0.3) is 0 Å². The van der Waals surface area contributed by atoms with E-state index in [-0.39, 0.29) is 29.9 Å². The number of hydrogen-bond donors (Lipinski definition) is 2. The highest BCUT2D eigenvalue weighted by molar-refractivity contribution is 5.94. The summed E-state index contributed by atoms with van der Waals surface area (Å²) in [6.45, 7) is 4.90. The molecule has 194 valence electrons. The van der Waals surface area contributed by atoms with Gasteiger partial charge >= 0.3 is 6.18 Å². The minimum atomic E-state index is -4.57. The summed E-state index contributed by atoms with van der Waals surface area (Å²) >= 11 is 0. The number of nitrogens with zero attached hydrogens (tertiary/aromatic N) is 2. The third-order valence-electron chi connectivity index (χ3n) is 6.88. The lowest BCUT2D eigenvalue weighted by atomic mass is 9.98. The van der Waals surface area contributed by atoms with Crippen molar-refractivity contribution in [1.29, 1.82) is 0 Å². The quantitative estimate of drug-likeness (QED) is 0.504. The minimum absolute atomic E-state index is 0.00624. The van der Waals surface area contributed by atoms with E-state index in [2.05, 4.69) is 22.5 Å². The Balaban J connectivity index is 1.44. The molecule has 1 atom stereocenters. The molecule has 1 aliphatic heterocycles. The first-order chi connectivity index (χ1) is 17.0. The van der Waals surface area contributed by atoms with Gasteiger partial charge in [-0.15, -0.1) is 0 Å². The van der Waals surface area contributed by atoms with Crippen LogP contribution in [0.1, 0.15) is 62.3 Å². The predicted octanol–water partition coefficient (Wildman–Crippen LogP) is 5.24. The fraction of sp³-hybridized carbons (Fsp3) is 0.500. The number of aromatic nitrogens is 1. The Hall–Kier alpha value is -3.17. The second-order valence-corrected chi connectivity index (χ2v) is 9.79. The van der Waals surface area contributed by atoms with Gasteiger partial charge < -0.3 is 15.5 Å². The second kappa shape index (κ2) is 10.4. The summed E-state index contributed by atoms with van der Waals surface area (Å²) in [6, 6.07) is 6.50. The summed E-state index contributed by atoms with van der Waals surface area (Å²) in [7, 11) is 0. The van der Waals surface area contributed by atoms with Crippen molar-refractivity contribution in [3.05, 3.63) is 53.0 Å². The molecule has 1 aromatic heterocycles. The van der Waals surface area contributed by atoms with Crippen molar-refractivity contribution in [1.82, 2.24) is 10.3 Å². The number of carbonyl (C=O) groups excluding carboxylic acids is 2. The molecule has 0 radical (unpaired) electrons. The number of hydrogen-bond acceptors (Lipinski definition) is 4. The van der Waals surface area contributed by atoms with Gasteiger partial charge in [-0.05, 0) is 62.3 Å². The lowest BCUT2D eigenvalue weighted by Gasteiger charge is -2.33. The highest BCUT2D eigenvalue weighted by Crippen LogP contribution is 2.33. The lowest BCUT2D eigenvalue weighted by Crippen LogP contribution is -2.35. The molecule has 2 aromatic rings. The monoisotopic (exact) mass is 506 g/mol. The van der Waals surface area contributed by atoms with Gasteiger partial charge in [-0.3, -0.25) is 9.59 Å². The molecule has 1 aromatic carbocycles. The number of nitrogens with one attached hydrogen (secondary N) is 2. The maximum Gasteiger partial charge on any atom is 0.433 e. The third kappa shape index (κ3) is 6.14. The van der Waals surface area contributed by atoms with E-state index in [9.17, 15) is 27.2 Å². The molecule has 1 aliphatic carbocycles. The molecule has 0 spiro atoms. The number of rotatable bonds is 7. The van der Waals surface area contributed by atoms with Gasteiger partial charge in [0.2, 0.25) is 11.8 Å². The van der Waals surface area contributed by atoms with Gasteiger partial charge in [-0.25, -0.2) is 9.37 Å². The van der Waals surface area contributed by atoms with Crippen molar-refractivity contribution < 1.29 is 27.2 Å². The topological polar surface area (TPSA) is 74.3 Å². The van der Waals surface area contributed by atoms with Crippen LogP contribution in [0.15, 0.2) is 30.3 Å². The molecule has 36 heavy (non-hydrogen) atoms. The van der Waals surface area contributed by atoms with Crippen molar-refractivity contribution >= 4 is 23.3 Å². The Kier molecular flexibility index (Phi) is 7.51. The van der Waals surface area contributed by atoms with E-state index < -0.39 is 29.5 Å². The van der Waals surface area contributed by atoms with E-state index in [4.69, 9.17) is 0 Å². The summed E-state index contributed by atoms with van der Waals surface area (Å²) in [5.74, 6) is -1.30. The molecule has 2 fully saturated rings. The van der Waals surface area contributed by atoms with Gasteiger partial charge in [-0.1, -0.05) is 19.1 Å². The van der Waals surface area contributed by atoms with E-state index in [0.717, 1.165) is 31.7 Å². The maximum absolute atomic E-state index is 14.5. The molecule has 1 saturated heterocycles. The highest BCUT2D eigenvalue weighted by Gasteiger charge is 2.34. The van der Waals surface area contributed by atoms with Crippen molar-refractivity contribution in [3.8, 4) is 0 Å². The molecule has 1 unspecified atom stereocenters. The van der Waals surface area contributed by atoms with Crippen LogP contribution < -0.4 is 15.5 Å². The number of benzene rings is 1. The predicted molar refractivity (Wildman–Crippen MR) is 128 cm³/mol. The molecule has 1 saturated carbocycles. The summed E-state index contributed by atoms with van der Waals surface area (Å²) in [4.78, 5) is 30.5. The molecular weight excluding hydrogens is 476 g/mol. The minimum Gasteiger partial charge on any atom is -0.356 e. The standard InChI is InChI=1S/C26H30F4N4O2/c1-15-9-11-34(12-10-15)23-19(6-8-22(33-23)26(28,29)30)14-31-24(35)16(2)18-5-7-21(20(27)13-18)32-25(36)17-3-4-17/h5-8,13,15-17H,3-4,9-12,14H2,1-2H3,(H,31,35)(H,32,36). The van der Waals surface area contributed by atoms with E-state index in [1.54, 1.807) is 13.0 Å². The van der Waals surface area contributed by atoms with Crippen LogP contribution in [0.4, 0.5) is 29.1 Å². The number of halogens is 4. The van der Waals surface area contributed by atoms with Crippen molar-refractivity contribution in [2.45, 2.75) is 58.2 Å². The Morgan fingerprint density at radius 2 is 1.81 bits per heavy atom. The summed E-state index contributed by atoms with van der Waals surface area (Å²) in [6.07, 6.45) is -1.26. The number of alkyl halides is 3. The normalized spacial score (nSPS) is 17.6. The van der Waals surface area contributed by atoms with Crippen LogP contribution in [0.3, 0.4) is 0 Å². The molecule has 2 amide bonds. The van der Waals surface area contributed by atoms with E-state index in [1.807, 2.05) is 4.90 Å². The zero-order valence-corrected chi connectivity index (χ0v) is 20.3. The Morgan fingerprint density at radius 3 is 2.42 bits per heavy atom. The Labute approximate surface area is 207 Å². The van der Waals surface area contributed by atoms with Crippen LogP contribution >= 0.6 is 0 Å². The number of amides is 2. The van der Waals surface area contributed by atoms with Gasteiger partial charge in [0.05, 0.1) is 11.6 Å². The first-order valence-electron chi connectivity index (χ1n) is 12.2. The second-order valence-electron chi connectivity index (χ2n) is 9.79. The largest absolute Gasteiger partial charge is 0.433 e. The Morgan fingerprint density at radius 1 is 1.11 bits per heavy atom. The molecule has 6 nitrogen and oxygen atoms in total. The maximum atomic E-state index is 14.5. The fourth-order valence-electron chi connectivity index (χ4n) is 4.24. The Bertz CT molecular complexity index is 1130. The van der Waals surface area contributed by atoms with Crippen LogP contribution in [-0.2, 0) is 22.3 Å². The van der Waals surface area contributed by atoms with Crippen molar-refractivity contribution in [2.75, 3.05) is 23.3 Å². The highest BCUT2D eigenvalue weighted by atomic mass is 19.4. The summed E-state index contributed by atoms with van der Waals surface area (Å²) < 4.78 is 54.5. The number of anilines is 2. The molecule has 2 heterocycles. The summed E-state index contributed by atoms with van der Waals surface area (Å²) in [5, 5.41) is 5.32. The summed E-state index contributed by atoms with van der Waals surface area (Å²) in [5.41, 5.74) is 0.0103. The molecule has 2 N–H and O–H groups in total. The van der Waals surface area contributed by atoms with Gasteiger partial charge in [0.25, 0.3) is 0 Å². The first kappa shape index (κ1) is 25.9. The van der Waals surface area contributed by atoms with Crippen molar-refractivity contribution in [3.63, 3.8) is 0 Å². The number of piperidine rings is 1. The molecular formula is C26H30F4N4O2. The molecule has 10 heteroatoms. The van der Waals surface area contributed by atoms with Crippen LogP contribution in [0.2, 0.25) is 0 Å². The average molecular weight is 507 g/mol. The first-order valence-corrected chi connectivity index (χ1v) is 12.2. The van der Waals surface area contributed by atoms with Crippen LogP contribution in [0, 0.1) is 17.7 Å². The van der Waals surface area contributed by atoms with Crippen LogP contribution in [-0.4, -0.2) is 29.9 Å². The lowest BCUT2D eigenvalue weighted by molar-refractivity contribution is -0.141. The number of carbonyl (C=O) groups is 2. The average Bonchev–Trinajstić information content (AvgIpc) is 3.69. The van der Waals surface area contributed by atoms with Gasteiger partial charge in [0, 0.05) is 31.1 Å². The van der Waals surface area contributed by atoms with E-state index >= 15 is 0 Å². The molecule has 4 rings (SSSR count). The fourth-order valence-corrected chi connectivity index (χ4v) is 4.24. The van der Waals surface area contributed by atoms with Gasteiger partial charge in [0.1, 0.15) is 17.3 Å². The SMILES string of the molecule is CC1CCN(c2nc(C(F)(F)F)ccc2CNC(=O)C(C)c2ccc(NC(=O)C3CC3)c(F)c2)CC1.